The molecule has 0 bridgehead atoms. The lowest BCUT2D eigenvalue weighted by atomic mass is 10.2. The van der Waals surface area contributed by atoms with Crippen molar-refractivity contribution in [2.45, 2.75) is 19.9 Å². The smallest absolute Gasteiger partial charge is 0.191 e. The van der Waals surface area contributed by atoms with Gasteiger partial charge in [-0.2, -0.15) is 0 Å². The second-order valence-corrected chi connectivity index (χ2v) is 6.06. The number of hydrogen-bond acceptors (Lipinski definition) is 4. The van der Waals surface area contributed by atoms with E-state index in [9.17, 15) is 0 Å². The summed E-state index contributed by atoms with van der Waals surface area (Å²) in [4.78, 5) is 4.24. The molecule has 0 heterocycles. The highest BCUT2D eigenvalue weighted by molar-refractivity contribution is 14.0. The second kappa shape index (κ2) is 13.1. The minimum atomic E-state index is 0. The molecule has 7 heteroatoms. The largest absolute Gasteiger partial charge is 0.494 e. The third kappa shape index (κ3) is 7.84. The lowest BCUT2D eigenvalue weighted by Crippen LogP contribution is -2.37. The Morgan fingerprint density at radius 2 is 1.68 bits per heavy atom. The Kier molecular flexibility index (Phi) is 11.2. The lowest BCUT2D eigenvalue weighted by molar-refractivity contribution is 0.311. The van der Waals surface area contributed by atoms with Gasteiger partial charge < -0.3 is 24.8 Å². The molecule has 0 aliphatic rings. The number of halogens is 1. The van der Waals surface area contributed by atoms with Gasteiger partial charge in [0, 0.05) is 20.1 Å². The predicted molar refractivity (Wildman–Crippen MR) is 124 cm³/mol. The molecule has 0 atom stereocenters. The van der Waals surface area contributed by atoms with Gasteiger partial charge in [-0.3, -0.25) is 4.99 Å². The Morgan fingerprint density at radius 3 is 2.32 bits per heavy atom. The number of nitrogens with zero attached hydrogens (tertiary/aromatic N) is 1. The van der Waals surface area contributed by atoms with Crippen molar-refractivity contribution in [3.05, 3.63) is 53.6 Å². The van der Waals surface area contributed by atoms with Gasteiger partial charge in [-0.1, -0.05) is 23.8 Å². The van der Waals surface area contributed by atoms with Crippen LogP contribution < -0.4 is 24.8 Å². The van der Waals surface area contributed by atoms with E-state index in [4.69, 9.17) is 14.2 Å². The van der Waals surface area contributed by atoms with E-state index in [1.165, 1.54) is 5.56 Å². The molecule has 2 rings (SSSR count). The van der Waals surface area contributed by atoms with Gasteiger partial charge in [0.2, 0.25) is 0 Å². The van der Waals surface area contributed by atoms with Gasteiger partial charge in [-0.05, 0) is 43.2 Å². The van der Waals surface area contributed by atoms with Crippen LogP contribution >= 0.6 is 24.0 Å². The molecule has 154 valence electrons. The average molecular weight is 499 g/mol. The molecule has 0 saturated carbocycles. The highest BCUT2D eigenvalue weighted by Crippen LogP contribution is 2.27. The van der Waals surface area contributed by atoms with E-state index in [2.05, 4.69) is 22.5 Å². The first-order chi connectivity index (χ1) is 13.2. The summed E-state index contributed by atoms with van der Waals surface area (Å²) < 4.78 is 16.3. The number of rotatable bonds is 9. The Morgan fingerprint density at radius 1 is 0.964 bits per heavy atom. The molecule has 0 fully saturated rings. The highest BCUT2D eigenvalue weighted by Gasteiger charge is 2.05. The van der Waals surface area contributed by atoms with Gasteiger partial charge in [-0.25, -0.2) is 0 Å². The fourth-order valence-corrected chi connectivity index (χ4v) is 2.50. The number of hydrogen-bond donors (Lipinski definition) is 2. The Labute approximate surface area is 184 Å². The maximum Gasteiger partial charge on any atom is 0.191 e. The number of aliphatic imine (C=N–C) groups is 1. The quantitative estimate of drug-likeness (QED) is 0.238. The van der Waals surface area contributed by atoms with E-state index in [1.54, 1.807) is 21.3 Å². The molecular formula is C21H30IN3O3. The van der Waals surface area contributed by atoms with Crippen LogP contribution in [0.3, 0.4) is 0 Å². The van der Waals surface area contributed by atoms with Crippen molar-refractivity contribution in [3.63, 3.8) is 0 Å². The summed E-state index contributed by atoms with van der Waals surface area (Å²) in [5, 5.41) is 6.58. The standard InChI is InChI=1S/C21H29N3O3.HI/c1-16-6-9-18(10-7-16)27-13-5-12-23-21(22-2)24-15-17-8-11-19(25-3)20(14-17)26-4;/h6-11,14H,5,12-13,15H2,1-4H3,(H2,22,23,24);1H. The molecule has 2 N–H and O–H groups in total. The molecule has 28 heavy (non-hydrogen) atoms. The molecule has 0 unspecified atom stereocenters. The molecule has 2 aromatic rings. The minimum absolute atomic E-state index is 0. The van der Waals surface area contributed by atoms with Gasteiger partial charge in [0.1, 0.15) is 5.75 Å². The van der Waals surface area contributed by atoms with E-state index >= 15 is 0 Å². The van der Waals surface area contributed by atoms with Crippen LogP contribution in [0.1, 0.15) is 17.5 Å². The van der Waals surface area contributed by atoms with Crippen LogP contribution in [-0.4, -0.2) is 40.4 Å². The summed E-state index contributed by atoms with van der Waals surface area (Å²) in [6, 6.07) is 13.9. The Bertz CT molecular complexity index is 736. The van der Waals surface area contributed by atoms with Crippen LogP contribution in [-0.2, 0) is 6.54 Å². The zero-order valence-corrected chi connectivity index (χ0v) is 19.3. The molecular weight excluding hydrogens is 469 g/mol. The fourth-order valence-electron chi connectivity index (χ4n) is 2.50. The van der Waals surface area contributed by atoms with Crippen LogP contribution in [0.25, 0.3) is 0 Å². The second-order valence-electron chi connectivity index (χ2n) is 6.06. The summed E-state index contributed by atoms with van der Waals surface area (Å²) in [6.07, 6.45) is 0.880. The van der Waals surface area contributed by atoms with Crippen LogP contribution in [0, 0.1) is 6.92 Å². The van der Waals surface area contributed by atoms with E-state index in [-0.39, 0.29) is 24.0 Å². The monoisotopic (exact) mass is 499 g/mol. The summed E-state index contributed by atoms with van der Waals surface area (Å²) in [5.74, 6) is 3.09. The average Bonchev–Trinajstić information content (AvgIpc) is 2.71. The molecule has 0 spiro atoms. The third-order valence-electron chi connectivity index (χ3n) is 4.03. The first-order valence-corrected chi connectivity index (χ1v) is 9.01. The van der Waals surface area contributed by atoms with Crippen LogP contribution in [0.15, 0.2) is 47.5 Å². The van der Waals surface area contributed by atoms with E-state index in [1.807, 2.05) is 42.5 Å². The van der Waals surface area contributed by atoms with Crippen LogP contribution in [0.5, 0.6) is 17.2 Å². The molecule has 0 amide bonds. The summed E-state index contributed by atoms with van der Waals surface area (Å²) >= 11 is 0. The first-order valence-electron chi connectivity index (χ1n) is 9.01. The zero-order chi connectivity index (χ0) is 19.5. The van der Waals surface area contributed by atoms with Crippen molar-refractivity contribution in [1.82, 2.24) is 10.6 Å². The van der Waals surface area contributed by atoms with Gasteiger partial charge in [-0.15, -0.1) is 24.0 Å². The number of benzene rings is 2. The van der Waals surface area contributed by atoms with Crippen molar-refractivity contribution in [1.29, 1.82) is 0 Å². The van der Waals surface area contributed by atoms with Crippen molar-refractivity contribution in [2.75, 3.05) is 34.4 Å². The molecule has 6 nitrogen and oxygen atoms in total. The molecule has 0 saturated heterocycles. The Hall–Kier alpha value is -2.16. The molecule has 0 aliphatic heterocycles. The predicted octanol–water partition coefficient (Wildman–Crippen LogP) is 3.76. The van der Waals surface area contributed by atoms with E-state index in [0.29, 0.717) is 18.9 Å². The third-order valence-corrected chi connectivity index (χ3v) is 4.03. The van der Waals surface area contributed by atoms with Crippen molar-refractivity contribution >= 4 is 29.9 Å². The van der Waals surface area contributed by atoms with E-state index < -0.39 is 0 Å². The van der Waals surface area contributed by atoms with Gasteiger partial charge in [0.05, 0.1) is 20.8 Å². The number of methoxy groups -OCH3 is 2. The van der Waals surface area contributed by atoms with Crippen molar-refractivity contribution in [3.8, 4) is 17.2 Å². The number of aryl methyl sites for hydroxylation is 1. The number of guanidine groups is 1. The summed E-state index contributed by atoms with van der Waals surface area (Å²) in [7, 11) is 5.02. The van der Waals surface area contributed by atoms with Crippen molar-refractivity contribution < 1.29 is 14.2 Å². The topological polar surface area (TPSA) is 64.1 Å². The number of nitrogens with one attached hydrogen (secondary N) is 2. The van der Waals surface area contributed by atoms with Gasteiger partial charge in [0.25, 0.3) is 0 Å². The summed E-state index contributed by atoms with van der Waals surface area (Å²) in [5.41, 5.74) is 2.31. The van der Waals surface area contributed by atoms with Crippen LogP contribution in [0.2, 0.25) is 0 Å². The fraction of sp³-hybridized carbons (Fsp3) is 0.381. The molecule has 2 aromatic carbocycles. The number of ether oxygens (including phenoxy) is 3. The normalized spacial score (nSPS) is 10.6. The zero-order valence-electron chi connectivity index (χ0n) is 17.0. The lowest BCUT2D eigenvalue weighted by Gasteiger charge is -2.14. The Balaban J connectivity index is 0.00000392. The molecule has 0 radical (unpaired) electrons. The van der Waals surface area contributed by atoms with E-state index in [0.717, 1.165) is 36.0 Å². The van der Waals surface area contributed by atoms with Crippen LogP contribution in [0.4, 0.5) is 0 Å². The minimum Gasteiger partial charge on any atom is -0.494 e. The maximum atomic E-state index is 5.73. The highest BCUT2D eigenvalue weighted by atomic mass is 127. The molecule has 0 aromatic heterocycles. The van der Waals surface area contributed by atoms with Gasteiger partial charge >= 0.3 is 0 Å². The first kappa shape index (κ1) is 23.9. The van der Waals surface area contributed by atoms with Crippen molar-refractivity contribution in [2.24, 2.45) is 4.99 Å². The maximum absolute atomic E-state index is 5.73. The van der Waals surface area contributed by atoms with Gasteiger partial charge in [0.15, 0.2) is 17.5 Å². The summed E-state index contributed by atoms with van der Waals surface area (Å²) in [6.45, 7) is 4.13. The molecule has 0 aliphatic carbocycles. The SMILES string of the molecule is CN=C(NCCCOc1ccc(C)cc1)NCc1ccc(OC)c(OC)c1.I.